The van der Waals surface area contributed by atoms with Gasteiger partial charge in [0.1, 0.15) is 11.5 Å². The van der Waals surface area contributed by atoms with Gasteiger partial charge in [-0.05, 0) is 31.6 Å². The zero-order chi connectivity index (χ0) is 20.0. The lowest BCUT2D eigenvalue weighted by Crippen LogP contribution is -2.29. The van der Waals surface area contributed by atoms with Crippen LogP contribution in [0.1, 0.15) is 17.8 Å². The molecular formula is C17H21F3N4O2S. The summed E-state index contributed by atoms with van der Waals surface area (Å²) in [5.74, 6) is 1.24. The molecule has 0 fully saturated rings. The lowest BCUT2D eigenvalue weighted by Gasteiger charge is -2.13. The molecule has 27 heavy (non-hydrogen) atoms. The van der Waals surface area contributed by atoms with E-state index in [4.69, 9.17) is 21.7 Å². The molecule has 0 aliphatic heterocycles. The fourth-order valence-corrected chi connectivity index (χ4v) is 2.58. The molecule has 0 amide bonds. The maximum absolute atomic E-state index is 12.7. The average Bonchev–Trinajstić information content (AvgIpc) is 2.99. The summed E-state index contributed by atoms with van der Waals surface area (Å²) in [6.45, 7) is 2.43. The zero-order valence-electron chi connectivity index (χ0n) is 15.2. The van der Waals surface area contributed by atoms with Crippen LogP contribution in [0.3, 0.4) is 0 Å². The third-order valence-electron chi connectivity index (χ3n) is 3.71. The van der Waals surface area contributed by atoms with E-state index >= 15 is 0 Å². The molecule has 2 aromatic rings. The molecule has 0 radical (unpaired) electrons. The second kappa shape index (κ2) is 8.94. The fraction of sp³-hybridized carbons (Fsp3) is 0.412. The van der Waals surface area contributed by atoms with E-state index in [0.29, 0.717) is 47.5 Å². The Labute approximate surface area is 160 Å². The van der Waals surface area contributed by atoms with Crippen LogP contribution in [-0.4, -0.2) is 35.7 Å². The molecule has 0 aliphatic rings. The first-order valence-corrected chi connectivity index (χ1v) is 8.53. The fourth-order valence-electron chi connectivity index (χ4n) is 2.36. The molecule has 2 N–H and O–H groups in total. The van der Waals surface area contributed by atoms with Gasteiger partial charge in [0.15, 0.2) is 10.8 Å². The molecule has 0 saturated heterocycles. The van der Waals surface area contributed by atoms with Crippen LogP contribution in [0.2, 0.25) is 0 Å². The summed E-state index contributed by atoms with van der Waals surface area (Å²) in [4.78, 5) is 0. The van der Waals surface area contributed by atoms with E-state index in [9.17, 15) is 13.2 Å². The minimum atomic E-state index is -4.43. The number of ether oxygens (including phenoxy) is 2. The molecule has 0 saturated carbocycles. The van der Waals surface area contributed by atoms with Gasteiger partial charge in [0, 0.05) is 42.7 Å². The van der Waals surface area contributed by atoms with E-state index in [1.165, 1.54) is 4.68 Å². The topological polar surface area (TPSA) is 60.3 Å². The molecule has 1 aromatic heterocycles. The third kappa shape index (κ3) is 6.02. The first kappa shape index (κ1) is 20.8. The summed E-state index contributed by atoms with van der Waals surface area (Å²) < 4.78 is 49.7. The van der Waals surface area contributed by atoms with Crippen molar-refractivity contribution in [3.05, 3.63) is 35.7 Å². The quantitative estimate of drug-likeness (QED) is 0.545. The molecule has 6 nitrogen and oxygen atoms in total. The normalized spacial score (nSPS) is 11.2. The molecule has 10 heteroatoms. The summed E-state index contributed by atoms with van der Waals surface area (Å²) in [7, 11) is 3.10. The zero-order valence-corrected chi connectivity index (χ0v) is 16.0. The molecule has 0 bridgehead atoms. The Morgan fingerprint density at radius 1 is 1.15 bits per heavy atom. The average molecular weight is 402 g/mol. The Bertz CT molecular complexity index is 771. The minimum Gasteiger partial charge on any atom is -0.497 e. The maximum Gasteiger partial charge on any atom is 0.435 e. The number of rotatable bonds is 7. The number of thiocarbonyl (C=S) groups is 1. The number of anilines is 1. The van der Waals surface area contributed by atoms with Crippen molar-refractivity contribution in [1.29, 1.82) is 0 Å². The van der Waals surface area contributed by atoms with Gasteiger partial charge in [-0.1, -0.05) is 0 Å². The van der Waals surface area contributed by atoms with E-state index in [0.717, 1.165) is 6.07 Å². The number of aromatic nitrogens is 2. The maximum atomic E-state index is 12.7. The standard InChI is InChI=1S/C17H21F3N4O2S/c1-11-7-15(17(18,19)20)23-24(11)6-4-5-21-16(27)22-12-8-13(25-2)10-14(9-12)26-3/h7-10H,4-6H2,1-3H3,(H2,21,22,27). The van der Waals surface area contributed by atoms with Gasteiger partial charge in [0.2, 0.25) is 0 Å². The SMILES string of the molecule is COc1cc(NC(=S)NCCCn2nc(C(F)(F)F)cc2C)cc(OC)c1. The number of hydrogen-bond acceptors (Lipinski definition) is 4. The lowest BCUT2D eigenvalue weighted by atomic mass is 10.3. The summed E-state index contributed by atoms with van der Waals surface area (Å²) >= 11 is 5.23. The number of methoxy groups -OCH3 is 2. The molecule has 2 rings (SSSR count). The minimum absolute atomic E-state index is 0.352. The van der Waals surface area contributed by atoms with Gasteiger partial charge < -0.3 is 20.1 Å². The van der Waals surface area contributed by atoms with Crippen LogP contribution in [0.15, 0.2) is 24.3 Å². The van der Waals surface area contributed by atoms with E-state index < -0.39 is 11.9 Å². The third-order valence-corrected chi connectivity index (χ3v) is 3.96. The number of aryl methyl sites for hydroxylation is 2. The molecule has 0 spiro atoms. The lowest BCUT2D eigenvalue weighted by molar-refractivity contribution is -0.141. The highest BCUT2D eigenvalue weighted by Gasteiger charge is 2.34. The van der Waals surface area contributed by atoms with E-state index in [2.05, 4.69) is 15.7 Å². The second-order valence-corrected chi connectivity index (χ2v) is 6.14. The van der Waals surface area contributed by atoms with Gasteiger partial charge in [-0.3, -0.25) is 4.68 Å². The number of benzene rings is 1. The Hall–Kier alpha value is -2.49. The van der Waals surface area contributed by atoms with Crippen molar-refractivity contribution in [3.63, 3.8) is 0 Å². The number of hydrogen-bond donors (Lipinski definition) is 2. The van der Waals surface area contributed by atoms with Crippen LogP contribution in [0.5, 0.6) is 11.5 Å². The van der Waals surface area contributed by atoms with Crippen molar-refractivity contribution in [2.24, 2.45) is 0 Å². The molecule has 0 unspecified atom stereocenters. The van der Waals surface area contributed by atoms with Gasteiger partial charge in [-0.25, -0.2) is 0 Å². The predicted molar refractivity (Wildman–Crippen MR) is 100 cm³/mol. The molecule has 148 valence electrons. The largest absolute Gasteiger partial charge is 0.497 e. The van der Waals surface area contributed by atoms with Crippen LogP contribution in [0, 0.1) is 6.92 Å². The van der Waals surface area contributed by atoms with E-state index in [-0.39, 0.29) is 0 Å². The number of nitrogens with zero attached hydrogens (tertiary/aromatic N) is 2. The summed E-state index contributed by atoms with van der Waals surface area (Å²) in [5.41, 5.74) is 0.282. The highest BCUT2D eigenvalue weighted by atomic mass is 32.1. The number of halogens is 3. The van der Waals surface area contributed by atoms with Gasteiger partial charge >= 0.3 is 6.18 Å². The first-order valence-electron chi connectivity index (χ1n) is 8.12. The number of alkyl halides is 3. The monoisotopic (exact) mass is 402 g/mol. The van der Waals surface area contributed by atoms with E-state index in [1.54, 1.807) is 39.3 Å². The summed E-state index contributed by atoms with van der Waals surface area (Å²) in [6.07, 6.45) is -3.87. The highest BCUT2D eigenvalue weighted by molar-refractivity contribution is 7.80. The smallest absolute Gasteiger partial charge is 0.435 e. The van der Waals surface area contributed by atoms with Gasteiger partial charge in [-0.2, -0.15) is 18.3 Å². The first-order chi connectivity index (χ1) is 12.7. The Morgan fingerprint density at radius 2 is 1.78 bits per heavy atom. The Morgan fingerprint density at radius 3 is 2.30 bits per heavy atom. The highest BCUT2D eigenvalue weighted by Crippen LogP contribution is 2.28. The second-order valence-electron chi connectivity index (χ2n) is 5.73. The van der Waals surface area contributed by atoms with Crippen molar-refractivity contribution >= 4 is 23.0 Å². The molecular weight excluding hydrogens is 381 g/mol. The molecule has 0 aliphatic carbocycles. The van der Waals surface area contributed by atoms with Crippen LogP contribution in [-0.2, 0) is 12.7 Å². The van der Waals surface area contributed by atoms with Gasteiger partial charge in [0.05, 0.1) is 14.2 Å². The summed E-state index contributed by atoms with van der Waals surface area (Å²) in [6, 6.07) is 6.31. The summed E-state index contributed by atoms with van der Waals surface area (Å²) in [5, 5.41) is 10.0. The van der Waals surface area contributed by atoms with Crippen molar-refractivity contribution in [1.82, 2.24) is 15.1 Å². The predicted octanol–water partition coefficient (Wildman–Crippen LogP) is 3.60. The van der Waals surface area contributed by atoms with Crippen molar-refractivity contribution in [2.45, 2.75) is 26.1 Å². The van der Waals surface area contributed by atoms with Crippen molar-refractivity contribution in [2.75, 3.05) is 26.1 Å². The molecule has 1 heterocycles. The van der Waals surface area contributed by atoms with Crippen LogP contribution in [0.4, 0.5) is 18.9 Å². The molecule has 1 aromatic carbocycles. The molecule has 0 atom stereocenters. The van der Waals surface area contributed by atoms with E-state index in [1.807, 2.05) is 0 Å². The van der Waals surface area contributed by atoms with Crippen LogP contribution in [0.25, 0.3) is 0 Å². The Balaban J connectivity index is 1.82. The van der Waals surface area contributed by atoms with Gasteiger partial charge in [-0.15, -0.1) is 0 Å². The van der Waals surface area contributed by atoms with Gasteiger partial charge in [0.25, 0.3) is 0 Å². The van der Waals surface area contributed by atoms with Crippen molar-refractivity contribution < 1.29 is 22.6 Å². The number of nitrogens with one attached hydrogen (secondary N) is 2. The van der Waals surface area contributed by atoms with Crippen molar-refractivity contribution in [3.8, 4) is 11.5 Å². The van der Waals surface area contributed by atoms with Crippen LogP contribution >= 0.6 is 12.2 Å². The van der Waals surface area contributed by atoms with Crippen LogP contribution < -0.4 is 20.1 Å². The Kier molecular flexibility index (Phi) is 6.89.